The molecule has 0 spiro atoms. The maximum absolute atomic E-state index is 11.5. The van der Waals surface area contributed by atoms with Crippen LogP contribution in [0.25, 0.3) is 0 Å². The molecule has 1 heterocycles. The van der Waals surface area contributed by atoms with Crippen molar-refractivity contribution in [1.29, 1.82) is 0 Å². The van der Waals surface area contributed by atoms with E-state index in [4.69, 9.17) is 0 Å². The molecule has 0 aliphatic carbocycles. The third-order valence-electron chi connectivity index (χ3n) is 2.31. The standard InChI is InChI=1S/C9H16N2O2/c1-4-5-6(2)11-8(12)7(3)10-9(11)13/h6-7H,4-5H2,1-3H3,(H,10,13). The summed E-state index contributed by atoms with van der Waals surface area (Å²) in [5.74, 6) is -0.106. The fourth-order valence-electron chi connectivity index (χ4n) is 1.59. The van der Waals surface area contributed by atoms with Crippen LogP contribution >= 0.6 is 0 Å². The van der Waals surface area contributed by atoms with E-state index in [-0.39, 0.29) is 24.0 Å². The summed E-state index contributed by atoms with van der Waals surface area (Å²) in [6, 6.07) is -0.590. The Morgan fingerprint density at radius 1 is 1.54 bits per heavy atom. The minimum Gasteiger partial charge on any atom is -0.326 e. The first-order chi connectivity index (χ1) is 6.07. The van der Waals surface area contributed by atoms with Crippen LogP contribution in [0, 0.1) is 0 Å². The van der Waals surface area contributed by atoms with E-state index in [0.717, 1.165) is 12.8 Å². The molecule has 3 amide bonds. The molecule has 0 aromatic rings. The summed E-state index contributed by atoms with van der Waals surface area (Å²) in [5, 5.41) is 2.59. The Morgan fingerprint density at radius 3 is 2.54 bits per heavy atom. The summed E-state index contributed by atoms with van der Waals surface area (Å²) in [6.07, 6.45) is 1.85. The number of hydrogen-bond acceptors (Lipinski definition) is 2. The fraction of sp³-hybridized carbons (Fsp3) is 0.778. The molecule has 1 saturated heterocycles. The van der Waals surface area contributed by atoms with Crippen LogP contribution in [-0.2, 0) is 4.79 Å². The van der Waals surface area contributed by atoms with Gasteiger partial charge in [0.05, 0.1) is 0 Å². The Labute approximate surface area is 78.3 Å². The lowest BCUT2D eigenvalue weighted by molar-refractivity contribution is -0.128. The highest BCUT2D eigenvalue weighted by Crippen LogP contribution is 2.13. The molecule has 0 aromatic carbocycles. The van der Waals surface area contributed by atoms with E-state index in [1.165, 1.54) is 4.90 Å². The molecule has 0 radical (unpaired) electrons. The molecule has 1 aliphatic heterocycles. The lowest BCUT2D eigenvalue weighted by atomic mass is 10.1. The SMILES string of the molecule is CCCC(C)N1C(=O)NC(C)C1=O. The molecule has 0 bridgehead atoms. The molecular weight excluding hydrogens is 168 g/mol. The van der Waals surface area contributed by atoms with Crippen molar-refractivity contribution in [2.24, 2.45) is 0 Å². The number of amides is 3. The van der Waals surface area contributed by atoms with Gasteiger partial charge in [0.15, 0.2) is 0 Å². The van der Waals surface area contributed by atoms with Gasteiger partial charge in [-0.15, -0.1) is 0 Å². The summed E-state index contributed by atoms with van der Waals surface area (Å²) in [4.78, 5) is 24.1. The number of carbonyl (C=O) groups excluding carboxylic acids is 2. The molecule has 2 atom stereocenters. The number of hydrogen-bond donors (Lipinski definition) is 1. The van der Waals surface area contributed by atoms with Gasteiger partial charge in [-0.2, -0.15) is 0 Å². The highest BCUT2D eigenvalue weighted by atomic mass is 16.2. The minimum atomic E-state index is -0.355. The van der Waals surface area contributed by atoms with Crippen molar-refractivity contribution in [1.82, 2.24) is 10.2 Å². The van der Waals surface area contributed by atoms with Crippen LogP contribution in [0.1, 0.15) is 33.6 Å². The fourth-order valence-corrected chi connectivity index (χ4v) is 1.59. The maximum Gasteiger partial charge on any atom is 0.325 e. The summed E-state index contributed by atoms with van der Waals surface area (Å²) in [6.45, 7) is 5.65. The van der Waals surface area contributed by atoms with Gasteiger partial charge in [0.25, 0.3) is 5.91 Å². The van der Waals surface area contributed by atoms with E-state index < -0.39 is 0 Å². The number of nitrogens with zero attached hydrogens (tertiary/aromatic N) is 1. The highest BCUT2D eigenvalue weighted by molar-refractivity contribution is 6.04. The predicted octanol–water partition coefficient (Wildman–Crippen LogP) is 1.12. The number of nitrogens with one attached hydrogen (secondary N) is 1. The zero-order valence-corrected chi connectivity index (χ0v) is 8.33. The molecule has 1 N–H and O–H groups in total. The first-order valence-corrected chi connectivity index (χ1v) is 4.71. The van der Waals surface area contributed by atoms with Gasteiger partial charge in [-0.1, -0.05) is 13.3 Å². The Kier molecular flexibility index (Phi) is 2.90. The van der Waals surface area contributed by atoms with Gasteiger partial charge in [0.1, 0.15) is 6.04 Å². The largest absolute Gasteiger partial charge is 0.326 e. The van der Waals surface area contributed by atoms with Gasteiger partial charge >= 0.3 is 6.03 Å². The first kappa shape index (κ1) is 10.0. The zero-order chi connectivity index (χ0) is 10.0. The van der Waals surface area contributed by atoms with Gasteiger partial charge in [0.2, 0.25) is 0 Å². The van der Waals surface area contributed by atoms with Crippen molar-refractivity contribution in [3.05, 3.63) is 0 Å². The van der Waals surface area contributed by atoms with E-state index in [1.807, 2.05) is 13.8 Å². The zero-order valence-electron chi connectivity index (χ0n) is 8.33. The number of urea groups is 1. The van der Waals surface area contributed by atoms with Crippen molar-refractivity contribution in [3.8, 4) is 0 Å². The van der Waals surface area contributed by atoms with E-state index in [2.05, 4.69) is 5.32 Å². The van der Waals surface area contributed by atoms with Gasteiger partial charge in [-0.25, -0.2) is 4.79 Å². The Morgan fingerprint density at radius 2 is 2.15 bits per heavy atom. The molecule has 1 fully saturated rings. The molecule has 4 heteroatoms. The highest BCUT2D eigenvalue weighted by Gasteiger charge is 2.37. The third kappa shape index (κ3) is 1.82. The molecule has 1 rings (SSSR count). The molecule has 2 unspecified atom stereocenters. The maximum atomic E-state index is 11.5. The number of carbonyl (C=O) groups is 2. The third-order valence-corrected chi connectivity index (χ3v) is 2.31. The predicted molar refractivity (Wildman–Crippen MR) is 49.2 cm³/mol. The van der Waals surface area contributed by atoms with Crippen LogP contribution in [0.4, 0.5) is 4.79 Å². The minimum absolute atomic E-state index is 0.0162. The second kappa shape index (κ2) is 3.77. The monoisotopic (exact) mass is 184 g/mol. The Hall–Kier alpha value is -1.06. The lowest BCUT2D eigenvalue weighted by Crippen LogP contribution is -2.38. The van der Waals surface area contributed by atoms with Crippen LogP contribution in [0.5, 0.6) is 0 Å². The van der Waals surface area contributed by atoms with E-state index in [9.17, 15) is 9.59 Å². The molecule has 4 nitrogen and oxygen atoms in total. The van der Waals surface area contributed by atoms with E-state index >= 15 is 0 Å². The van der Waals surface area contributed by atoms with E-state index in [1.54, 1.807) is 6.92 Å². The average molecular weight is 184 g/mol. The van der Waals surface area contributed by atoms with Gasteiger partial charge in [-0.3, -0.25) is 9.69 Å². The summed E-state index contributed by atoms with van der Waals surface area (Å²) < 4.78 is 0. The van der Waals surface area contributed by atoms with Crippen molar-refractivity contribution < 1.29 is 9.59 Å². The van der Waals surface area contributed by atoms with Crippen molar-refractivity contribution in [2.45, 2.75) is 45.7 Å². The lowest BCUT2D eigenvalue weighted by Gasteiger charge is -2.20. The average Bonchev–Trinajstić information content (AvgIpc) is 2.27. The van der Waals surface area contributed by atoms with E-state index in [0.29, 0.717) is 0 Å². The summed E-state index contributed by atoms with van der Waals surface area (Å²) in [7, 11) is 0. The van der Waals surface area contributed by atoms with Crippen LogP contribution in [0.3, 0.4) is 0 Å². The van der Waals surface area contributed by atoms with Gasteiger partial charge in [0, 0.05) is 6.04 Å². The molecule has 74 valence electrons. The second-order valence-electron chi connectivity index (χ2n) is 3.52. The van der Waals surface area contributed by atoms with Gasteiger partial charge in [-0.05, 0) is 20.3 Å². The van der Waals surface area contributed by atoms with Crippen LogP contribution in [0.15, 0.2) is 0 Å². The van der Waals surface area contributed by atoms with Crippen molar-refractivity contribution in [2.75, 3.05) is 0 Å². The van der Waals surface area contributed by atoms with Gasteiger partial charge < -0.3 is 5.32 Å². The van der Waals surface area contributed by atoms with Crippen LogP contribution < -0.4 is 5.32 Å². The normalized spacial score (nSPS) is 24.8. The topological polar surface area (TPSA) is 49.4 Å². The second-order valence-corrected chi connectivity index (χ2v) is 3.52. The number of imide groups is 1. The van der Waals surface area contributed by atoms with Crippen LogP contribution in [0.2, 0.25) is 0 Å². The van der Waals surface area contributed by atoms with Crippen molar-refractivity contribution >= 4 is 11.9 Å². The Balaban J connectivity index is 2.68. The number of rotatable bonds is 3. The molecule has 0 saturated carbocycles. The molecule has 13 heavy (non-hydrogen) atoms. The Bertz CT molecular complexity index is 228. The van der Waals surface area contributed by atoms with Crippen molar-refractivity contribution in [3.63, 3.8) is 0 Å². The summed E-state index contributed by atoms with van der Waals surface area (Å²) in [5.41, 5.74) is 0. The molecule has 1 aliphatic rings. The quantitative estimate of drug-likeness (QED) is 0.668. The first-order valence-electron chi connectivity index (χ1n) is 4.71. The smallest absolute Gasteiger partial charge is 0.325 e. The summed E-state index contributed by atoms with van der Waals surface area (Å²) >= 11 is 0. The van der Waals surface area contributed by atoms with Crippen LogP contribution in [-0.4, -0.2) is 28.9 Å². The molecule has 0 aromatic heterocycles. The molecular formula is C9H16N2O2.